The number of nitrogens with two attached hydrogens (primary N) is 1. The first-order chi connectivity index (χ1) is 7.66. The Hall–Kier alpha value is -0.530. The predicted molar refractivity (Wildman–Crippen MR) is 69.6 cm³/mol. The topological polar surface area (TPSA) is 26.0 Å². The van der Waals surface area contributed by atoms with Crippen molar-refractivity contribution in [2.75, 3.05) is 0 Å². The second kappa shape index (κ2) is 5.20. The van der Waals surface area contributed by atoms with E-state index < -0.39 is 0 Å². The molecular weight excluding hydrogens is 218 g/mol. The number of benzene rings is 1. The highest BCUT2D eigenvalue weighted by atomic mass is 35.5. The Labute approximate surface area is 103 Å². The first kappa shape index (κ1) is 11.9. The third kappa shape index (κ3) is 2.78. The van der Waals surface area contributed by atoms with E-state index in [2.05, 4.69) is 19.1 Å². The van der Waals surface area contributed by atoms with E-state index in [1.54, 1.807) is 0 Å². The van der Waals surface area contributed by atoms with Crippen molar-refractivity contribution in [3.8, 4) is 0 Å². The van der Waals surface area contributed by atoms with Crippen LogP contribution in [0.25, 0.3) is 0 Å². The molecule has 0 aromatic heterocycles. The summed E-state index contributed by atoms with van der Waals surface area (Å²) >= 11 is 6.19. The highest BCUT2D eigenvalue weighted by Crippen LogP contribution is 2.31. The largest absolute Gasteiger partial charge is 0.327 e. The molecule has 1 aliphatic carbocycles. The van der Waals surface area contributed by atoms with Crippen LogP contribution in [0.4, 0.5) is 0 Å². The predicted octanol–water partition coefficient (Wildman–Crippen LogP) is 3.65. The lowest BCUT2D eigenvalue weighted by Crippen LogP contribution is -2.36. The van der Waals surface area contributed by atoms with Crippen LogP contribution in [-0.4, -0.2) is 6.04 Å². The Bertz CT molecular complexity index is 350. The Balaban J connectivity index is 2.06. The van der Waals surface area contributed by atoms with Crippen LogP contribution in [0.1, 0.15) is 31.7 Å². The molecule has 1 aromatic rings. The number of hydrogen-bond donors (Lipinski definition) is 1. The zero-order valence-corrected chi connectivity index (χ0v) is 10.6. The molecule has 0 aliphatic heterocycles. The third-order valence-electron chi connectivity index (χ3n) is 3.74. The summed E-state index contributed by atoms with van der Waals surface area (Å²) in [4.78, 5) is 0. The van der Waals surface area contributed by atoms with Gasteiger partial charge in [0.2, 0.25) is 0 Å². The summed E-state index contributed by atoms with van der Waals surface area (Å²) in [6.07, 6.45) is 4.72. The molecule has 0 saturated heterocycles. The zero-order valence-electron chi connectivity index (χ0n) is 9.83. The van der Waals surface area contributed by atoms with Gasteiger partial charge in [-0.05, 0) is 49.1 Å². The van der Waals surface area contributed by atoms with Crippen molar-refractivity contribution in [3.63, 3.8) is 0 Å². The van der Waals surface area contributed by atoms with Crippen molar-refractivity contribution in [1.29, 1.82) is 0 Å². The fourth-order valence-corrected chi connectivity index (χ4v) is 2.92. The van der Waals surface area contributed by atoms with Crippen molar-refractivity contribution in [3.05, 3.63) is 34.9 Å². The van der Waals surface area contributed by atoms with E-state index in [1.807, 2.05) is 12.1 Å². The summed E-state index contributed by atoms with van der Waals surface area (Å²) in [6.45, 7) is 2.32. The van der Waals surface area contributed by atoms with E-state index in [1.165, 1.54) is 18.4 Å². The molecule has 2 rings (SSSR count). The van der Waals surface area contributed by atoms with Crippen LogP contribution in [-0.2, 0) is 6.42 Å². The quantitative estimate of drug-likeness (QED) is 0.835. The van der Waals surface area contributed by atoms with Gasteiger partial charge in [-0.1, -0.05) is 36.7 Å². The summed E-state index contributed by atoms with van der Waals surface area (Å²) in [5.41, 5.74) is 7.44. The monoisotopic (exact) mass is 237 g/mol. The molecule has 0 bridgehead atoms. The number of rotatable bonds is 2. The van der Waals surface area contributed by atoms with E-state index in [4.69, 9.17) is 17.3 Å². The maximum Gasteiger partial charge on any atom is 0.0438 e. The number of hydrogen-bond acceptors (Lipinski definition) is 1. The van der Waals surface area contributed by atoms with Crippen molar-refractivity contribution in [2.24, 2.45) is 17.6 Å². The van der Waals surface area contributed by atoms with Gasteiger partial charge in [-0.25, -0.2) is 0 Å². The fourth-order valence-electron chi connectivity index (χ4n) is 2.70. The minimum Gasteiger partial charge on any atom is -0.327 e. The van der Waals surface area contributed by atoms with Gasteiger partial charge in [-0.3, -0.25) is 0 Å². The standard InChI is InChI=1S/C14H20ClN/c1-10-6-7-14(16)12(8-10)9-11-4-2-3-5-13(11)15/h2-5,10,12,14H,6-9,16H2,1H3. The summed E-state index contributed by atoms with van der Waals surface area (Å²) in [6, 6.07) is 8.48. The molecular formula is C14H20ClN. The summed E-state index contributed by atoms with van der Waals surface area (Å²) in [7, 11) is 0. The minimum atomic E-state index is 0.354. The fraction of sp³-hybridized carbons (Fsp3) is 0.571. The van der Waals surface area contributed by atoms with E-state index in [9.17, 15) is 0 Å². The minimum absolute atomic E-state index is 0.354. The molecule has 3 unspecified atom stereocenters. The van der Waals surface area contributed by atoms with Crippen LogP contribution in [0.2, 0.25) is 5.02 Å². The third-order valence-corrected chi connectivity index (χ3v) is 4.11. The van der Waals surface area contributed by atoms with Crippen LogP contribution >= 0.6 is 11.6 Å². The van der Waals surface area contributed by atoms with Crippen molar-refractivity contribution < 1.29 is 0 Å². The van der Waals surface area contributed by atoms with Crippen LogP contribution in [0.3, 0.4) is 0 Å². The van der Waals surface area contributed by atoms with E-state index in [0.29, 0.717) is 12.0 Å². The SMILES string of the molecule is CC1CCC(N)C(Cc2ccccc2Cl)C1. The maximum absolute atomic E-state index is 6.20. The molecule has 0 radical (unpaired) electrons. The zero-order chi connectivity index (χ0) is 11.5. The van der Waals surface area contributed by atoms with E-state index >= 15 is 0 Å². The molecule has 1 fully saturated rings. The van der Waals surface area contributed by atoms with Gasteiger partial charge >= 0.3 is 0 Å². The molecule has 1 nitrogen and oxygen atoms in total. The lowest BCUT2D eigenvalue weighted by molar-refractivity contribution is 0.245. The van der Waals surface area contributed by atoms with Crippen molar-refractivity contribution >= 4 is 11.6 Å². The highest BCUT2D eigenvalue weighted by Gasteiger charge is 2.26. The van der Waals surface area contributed by atoms with Crippen LogP contribution < -0.4 is 5.73 Å². The average Bonchev–Trinajstić information content (AvgIpc) is 2.27. The Morgan fingerprint density at radius 1 is 1.31 bits per heavy atom. The van der Waals surface area contributed by atoms with Gasteiger partial charge in [0.15, 0.2) is 0 Å². The molecule has 0 heterocycles. The van der Waals surface area contributed by atoms with Crippen molar-refractivity contribution in [2.45, 2.75) is 38.6 Å². The van der Waals surface area contributed by atoms with Crippen LogP contribution in [0.15, 0.2) is 24.3 Å². The van der Waals surface area contributed by atoms with Gasteiger partial charge in [0, 0.05) is 11.1 Å². The molecule has 16 heavy (non-hydrogen) atoms. The van der Waals surface area contributed by atoms with Gasteiger partial charge < -0.3 is 5.73 Å². The molecule has 2 N–H and O–H groups in total. The first-order valence-electron chi connectivity index (χ1n) is 6.16. The maximum atomic E-state index is 6.20. The smallest absolute Gasteiger partial charge is 0.0438 e. The van der Waals surface area contributed by atoms with Crippen molar-refractivity contribution in [1.82, 2.24) is 0 Å². The molecule has 0 spiro atoms. The highest BCUT2D eigenvalue weighted by molar-refractivity contribution is 6.31. The van der Waals surface area contributed by atoms with E-state index in [-0.39, 0.29) is 0 Å². The van der Waals surface area contributed by atoms with Gasteiger partial charge in [-0.2, -0.15) is 0 Å². The summed E-state index contributed by atoms with van der Waals surface area (Å²) in [5.74, 6) is 1.41. The summed E-state index contributed by atoms with van der Waals surface area (Å²) < 4.78 is 0. The van der Waals surface area contributed by atoms with Gasteiger partial charge in [-0.15, -0.1) is 0 Å². The van der Waals surface area contributed by atoms with Crippen LogP contribution in [0, 0.1) is 11.8 Å². The molecule has 1 saturated carbocycles. The lowest BCUT2D eigenvalue weighted by atomic mass is 9.76. The second-order valence-corrected chi connectivity index (χ2v) is 5.54. The van der Waals surface area contributed by atoms with Gasteiger partial charge in [0.1, 0.15) is 0 Å². The van der Waals surface area contributed by atoms with Gasteiger partial charge in [0.05, 0.1) is 0 Å². The van der Waals surface area contributed by atoms with E-state index in [0.717, 1.165) is 23.8 Å². The Kier molecular flexibility index (Phi) is 3.88. The molecule has 1 aromatic carbocycles. The summed E-state index contributed by atoms with van der Waals surface area (Å²) in [5, 5.41) is 0.882. The normalized spacial score (nSPS) is 30.3. The second-order valence-electron chi connectivity index (χ2n) is 5.14. The Morgan fingerprint density at radius 3 is 2.81 bits per heavy atom. The molecule has 2 heteroatoms. The lowest BCUT2D eigenvalue weighted by Gasteiger charge is -2.32. The molecule has 1 aliphatic rings. The molecule has 3 atom stereocenters. The number of halogens is 1. The first-order valence-corrected chi connectivity index (χ1v) is 6.53. The average molecular weight is 238 g/mol. The Morgan fingerprint density at radius 2 is 2.06 bits per heavy atom. The molecule has 0 amide bonds. The van der Waals surface area contributed by atoms with Gasteiger partial charge in [0.25, 0.3) is 0 Å². The van der Waals surface area contributed by atoms with Crippen LogP contribution in [0.5, 0.6) is 0 Å². The molecule has 88 valence electrons.